The number of carbonyl (C=O) groups excluding carboxylic acids is 4. The summed E-state index contributed by atoms with van der Waals surface area (Å²) in [4.78, 5) is 48.2. The van der Waals surface area contributed by atoms with Crippen molar-refractivity contribution in [3.63, 3.8) is 0 Å². The number of benzene rings is 1. The number of esters is 1. The van der Waals surface area contributed by atoms with E-state index in [2.05, 4.69) is 4.74 Å². The van der Waals surface area contributed by atoms with Gasteiger partial charge in [-0.05, 0) is 71.6 Å². The van der Waals surface area contributed by atoms with Crippen LogP contribution in [0.15, 0.2) is 18.2 Å². The van der Waals surface area contributed by atoms with Crippen LogP contribution in [0.5, 0.6) is 11.5 Å². The van der Waals surface area contributed by atoms with Gasteiger partial charge in [0.05, 0.1) is 7.11 Å². The Morgan fingerprint density at radius 2 is 1.39 bits per heavy atom. The Bertz CT molecular complexity index is 974. The molecule has 12 nitrogen and oxygen atoms in total. The Morgan fingerprint density at radius 1 is 0.868 bits per heavy atom. The number of carbonyl (C=O) groups is 4. The van der Waals surface area contributed by atoms with Gasteiger partial charge in [-0.25, -0.2) is 14.4 Å². The van der Waals surface area contributed by atoms with E-state index in [0.717, 1.165) is 7.11 Å². The van der Waals surface area contributed by atoms with Crippen molar-refractivity contribution in [1.29, 1.82) is 0 Å². The van der Waals surface area contributed by atoms with E-state index < -0.39 is 47.8 Å². The van der Waals surface area contributed by atoms with E-state index in [1.807, 2.05) is 13.8 Å². The molecular formula is C26H39NO11. The van der Waals surface area contributed by atoms with E-state index in [0.29, 0.717) is 18.4 Å². The highest BCUT2D eigenvalue weighted by Gasteiger charge is 2.27. The molecule has 0 bridgehead atoms. The zero-order valence-corrected chi connectivity index (χ0v) is 23.3. The molecule has 0 unspecified atom stereocenters. The minimum absolute atomic E-state index is 0.0110. The van der Waals surface area contributed by atoms with E-state index in [4.69, 9.17) is 34.2 Å². The highest BCUT2D eigenvalue weighted by Crippen LogP contribution is 2.31. The summed E-state index contributed by atoms with van der Waals surface area (Å²) < 4.78 is 35.5. The van der Waals surface area contributed by atoms with Crippen LogP contribution in [-0.2, 0) is 34.9 Å². The molecule has 2 N–H and O–H groups in total. The number of hydrogen-bond acceptors (Lipinski definition) is 12. The maximum absolute atomic E-state index is 12.4. The number of nitrogens with two attached hydrogens (primary N) is 1. The maximum atomic E-state index is 12.4. The molecule has 1 rings (SSSR count). The van der Waals surface area contributed by atoms with Crippen molar-refractivity contribution in [1.82, 2.24) is 0 Å². The number of hydrogen-bond donors (Lipinski definition) is 1. The highest BCUT2D eigenvalue weighted by atomic mass is 16.8. The third-order valence-corrected chi connectivity index (χ3v) is 5.50. The lowest BCUT2D eigenvalue weighted by atomic mass is 10.1. The number of rotatable bonds is 12. The molecule has 0 fully saturated rings. The molecule has 0 amide bonds. The molecular weight excluding hydrogens is 502 g/mol. The van der Waals surface area contributed by atoms with Gasteiger partial charge in [0.25, 0.3) is 0 Å². The molecule has 38 heavy (non-hydrogen) atoms. The first kappa shape index (κ1) is 32.5. The van der Waals surface area contributed by atoms with Crippen molar-refractivity contribution in [2.24, 2.45) is 5.73 Å². The second-order valence-corrected chi connectivity index (χ2v) is 9.74. The summed E-state index contributed by atoms with van der Waals surface area (Å²) in [6, 6.07) is 3.22. The van der Waals surface area contributed by atoms with Gasteiger partial charge in [-0.3, -0.25) is 4.79 Å². The number of methoxy groups -OCH3 is 1. The van der Waals surface area contributed by atoms with Gasteiger partial charge < -0.3 is 38.9 Å². The molecule has 0 aliphatic rings. The first-order valence-electron chi connectivity index (χ1n) is 12.2. The Morgan fingerprint density at radius 3 is 1.89 bits per heavy atom. The van der Waals surface area contributed by atoms with E-state index in [1.54, 1.807) is 33.8 Å². The largest absolute Gasteiger partial charge is 0.514 e. The Labute approximate surface area is 223 Å². The summed E-state index contributed by atoms with van der Waals surface area (Å²) >= 11 is 0. The summed E-state index contributed by atoms with van der Waals surface area (Å²) in [6.45, 7) is 11.9. The summed E-state index contributed by atoms with van der Waals surface area (Å²) in [6.07, 6.45) is -2.60. The average Bonchev–Trinajstić information content (AvgIpc) is 2.83. The predicted molar refractivity (Wildman–Crippen MR) is 135 cm³/mol. The van der Waals surface area contributed by atoms with Crippen LogP contribution in [0.4, 0.5) is 14.4 Å². The van der Waals surface area contributed by atoms with Crippen LogP contribution in [0.2, 0.25) is 0 Å². The first-order chi connectivity index (χ1) is 17.6. The van der Waals surface area contributed by atoms with Gasteiger partial charge >= 0.3 is 24.4 Å². The molecule has 1 aromatic carbocycles. The summed E-state index contributed by atoms with van der Waals surface area (Å²) in [5.74, 6) is -0.976. The zero-order valence-electron chi connectivity index (χ0n) is 23.3. The molecule has 0 saturated carbocycles. The van der Waals surface area contributed by atoms with Crippen molar-refractivity contribution in [2.75, 3.05) is 13.7 Å². The van der Waals surface area contributed by atoms with Gasteiger partial charge in [-0.2, -0.15) is 0 Å². The quantitative estimate of drug-likeness (QED) is 0.221. The van der Waals surface area contributed by atoms with Gasteiger partial charge in [-0.1, -0.05) is 19.9 Å². The van der Waals surface area contributed by atoms with E-state index in [1.165, 1.54) is 19.1 Å². The van der Waals surface area contributed by atoms with Crippen molar-refractivity contribution in [3.8, 4) is 11.5 Å². The van der Waals surface area contributed by atoms with Gasteiger partial charge in [0.15, 0.2) is 11.5 Å². The SMILES string of the molecule is CCC(C)(C)OC(=O)Oc1ccc(C[C@H](N)C(=O)O[C@@H](C)COC(=O)OC)cc1OC(=O)OC(C)(C)CC. The van der Waals surface area contributed by atoms with Crippen LogP contribution in [0, 0.1) is 0 Å². The highest BCUT2D eigenvalue weighted by molar-refractivity contribution is 5.76. The molecule has 0 aliphatic heterocycles. The third kappa shape index (κ3) is 11.7. The van der Waals surface area contributed by atoms with Crippen LogP contribution < -0.4 is 15.2 Å². The average molecular weight is 542 g/mol. The van der Waals surface area contributed by atoms with Crippen LogP contribution in [0.25, 0.3) is 0 Å². The Kier molecular flexibility index (Phi) is 12.3. The Balaban J connectivity index is 3.04. The minimum Gasteiger partial charge on any atom is -0.458 e. The van der Waals surface area contributed by atoms with Crippen LogP contribution in [0.3, 0.4) is 0 Å². The lowest BCUT2D eigenvalue weighted by Crippen LogP contribution is -2.37. The van der Waals surface area contributed by atoms with Crippen LogP contribution >= 0.6 is 0 Å². The molecule has 0 spiro atoms. The molecule has 0 aliphatic carbocycles. The first-order valence-corrected chi connectivity index (χ1v) is 12.2. The predicted octanol–water partition coefficient (Wildman–Crippen LogP) is 4.68. The minimum atomic E-state index is -1.10. The number of ether oxygens (including phenoxy) is 7. The van der Waals surface area contributed by atoms with Crippen molar-refractivity contribution >= 4 is 24.4 Å². The van der Waals surface area contributed by atoms with Gasteiger partial charge in [-0.15, -0.1) is 0 Å². The third-order valence-electron chi connectivity index (χ3n) is 5.50. The van der Waals surface area contributed by atoms with E-state index in [9.17, 15) is 19.2 Å². The van der Waals surface area contributed by atoms with Gasteiger partial charge in [0.1, 0.15) is 30.0 Å². The van der Waals surface area contributed by atoms with E-state index >= 15 is 0 Å². The molecule has 0 radical (unpaired) electrons. The second-order valence-electron chi connectivity index (χ2n) is 9.74. The molecule has 0 heterocycles. The molecule has 214 valence electrons. The van der Waals surface area contributed by atoms with E-state index in [-0.39, 0.29) is 24.5 Å². The molecule has 12 heteroatoms. The monoisotopic (exact) mass is 541 g/mol. The van der Waals surface area contributed by atoms with Gasteiger partial charge in [0, 0.05) is 0 Å². The fourth-order valence-electron chi connectivity index (χ4n) is 2.56. The summed E-state index contributed by atoms with van der Waals surface area (Å²) in [7, 11) is 1.16. The summed E-state index contributed by atoms with van der Waals surface area (Å²) in [5, 5.41) is 0. The van der Waals surface area contributed by atoms with Gasteiger partial charge in [0.2, 0.25) is 0 Å². The smallest absolute Gasteiger partial charge is 0.458 e. The molecule has 0 aromatic heterocycles. The van der Waals surface area contributed by atoms with Crippen molar-refractivity contribution in [2.45, 2.75) is 91.1 Å². The lowest BCUT2D eigenvalue weighted by molar-refractivity contribution is -0.152. The topological polar surface area (TPSA) is 159 Å². The molecule has 1 aromatic rings. The van der Waals surface area contributed by atoms with Crippen molar-refractivity contribution < 1.29 is 52.3 Å². The second kappa shape index (κ2) is 14.4. The van der Waals surface area contributed by atoms with Crippen molar-refractivity contribution in [3.05, 3.63) is 23.8 Å². The molecule has 2 atom stereocenters. The van der Waals surface area contributed by atoms with Crippen LogP contribution in [0.1, 0.15) is 66.9 Å². The van der Waals surface area contributed by atoms with Crippen LogP contribution in [-0.4, -0.2) is 61.5 Å². The fraction of sp³-hybridized carbons (Fsp3) is 0.615. The lowest BCUT2D eigenvalue weighted by Gasteiger charge is -2.24. The standard InChI is InChI=1S/C26H39NO11/c1-9-25(4,5)37-23(30)35-19-12-11-17(14-20(19)36-24(31)38-26(6,7)10-2)13-18(27)21(28)34-16(3)15-33-22(29)32-8/h11-12,14,16,18H,9-10,13,15,27H2,1-8H3/t16-,18-/m0/s1. The maximum Gasteiger partial charge on any atom is 0.514 e. The molecule has 0 saturated heterocycles. The Hall–Kier alpha value is -3.54. The normalized spacial score (nSPS) is 13.0. The zero-order chi connectivity index (χ0) is 29.1. The summed E-state index contributed by atoms with van der Waals surface area (Å²) in [5.41, 5.74) is 4.90. The fourth-order valence-corrected chi connectivity index (χ4v) is 2.56.